The summed E-state index contributed by atoms with van der Waals surface area (Å²) in [6, 6.07) is 0. The number of carbonyl (C=O) groups excluding carboxylic acids is 3. The van der Waals surface area contributed by atoms with E-state index in [-0.39, 0.29) is 48.0 Å². The van der Waals surface area contributed by atoms with Crippen molar-refractivity contribution in [2.45, 2.75) is 96.4 Å². The number of aliphatic hydroxyl groups excluding tert-OH is 1. The van der Waals surface area contributed by atoms with E-state index in [1.165, 1.54) is 0 Å². The molecule has 0 heterocycles. The zero-order valence-electron chi connectivity index (χ0n) is 19.6. The number of ketones is 2. The summed E-state index contributed by atoms with van der Waals surface area (Å²) in [4.78, 5) is 37.9. The lowest BCUT2D eigenvalue weighted by atomic mass is 9.42. The summed E-state index contributed by atoms with van der Waals surface area (Å²) in [6.45, 7) is 7.36. The van der Waals surface area contributed by atoms with Gasteiger partial charge in [-0.05, 0) is 49.9 Å². The van der Waals surface area contributed by atoms with Gasteiger partial charge in [-0.25, -0.2) is 4.39 Å². The minimum Gasteiger partial charge on any atom is -0.450 e. The van der Waals surface area contributed by atoms with Crippen molar-refractivity contribution in [2.75, 3.05) is 5.88 Å². The summed E-state index contributed by atoms with van der Waals surface area (Å²) in [5.74, 6) is -2.05. The topological polar surface area (TPSA) is 80.7 Å². The van der Waals surface area contributed by atoms with Gasteiger partial charge in [0.15, 0.2) is 11.4 Å². The third-order valence-corrected chi connectivity index (χ3v) is 10.4. The van der Waals surface area contributed by atoms with Gasteiger partial charge in [0.2, 0.25) is 0 Å². The van der Waals surface area contributed by atoms with Gasteiger partial charge in [0.1, 0.15) is 11.5 Å². The Bertz CT molecular complexity index is 833. The second-order valence-corrected chi connectivity index (χ2v) is 11.6. The Morgan fingerprint density at radius 1 is 1.22 bits per heavy atom. The lowest BCUT2D eigenvalue weighted by Gasteiger charge is -2.65. The molecule has 4 saturated carbocycles. The van der Waals surface area contributed by atoms with Gasteiger partial charge < -0.3 is 9.84 Å². The van der Waals surface area contributed by atoms with Gasteiger partial charge in [0.25, 0.3) is 0 Å². The first kappa shape index (κ1) is 24.1. The maximum atomic E-state index is 17.3. The van der Waals surface area contributed by atoms with Crippen LogP contribution in [0.4, 0.5) is 4.39 Å². The standard InChI is InChI=1S/C25H36ClFO5/c1-5-21(31)32-25(20(30)13-26)14(2)10-18-17-7-6-15-11-16(28)8-9-22(15,3)24(17,27)19(29)12-23(18,25)4/h14-15,17-19,29H,5-13H2,1-4H3/t14-,15-,17+,18-,19-,22+,23+,24+,25+/m1/s1. The second kappa shape index (κ2) is 7.76. The molecule has 5 nitrogen and oxygen atoms in total. The zero-order chi connectivity index (χ0) is 23.7. The molecule has 4 rings (SSSR count). The molecule has 4 fully saturated rings. The van der Waals surface area contributed by atoms with Crippen molar-refractivity contribution in [3.63, 3.8) is 0 Å². The van der Waals surface area contributed by atoms with Crippen LogP contribution in [-0.2, 0) is 19.1 Å². The lowest BCUT2D eigenvalue weighted by Crippen LogP contribution is -2.71. The van der Waals surface area contributed by atoms with E-state index in [1.807, 2.05) is 20.8 Å². The number of carbonyl (C=O) groups is 3. The summed E-state index contributed by atoms with van der Waals surface area (Å²) in [7, 11) is 0. The Morgan fingerprint density at radius 3 is 2.53 bits per heavy atom. The first-order chi connectivity index (χ1) is 14.9. The third kappa shape index (κ3) is 2.80. The van der Waals surface area contributed by atoms with Crippen molar-refractivity contribution in [2.24, 2.45) is 34.5 Å². The molecule has 4 aliphatic rings. The number of esters is 1. The minimum atomic E-state index is -1.84. The normalized spacial score (nSPS) is 50.2. The van der Waals surface area contributed by atoms with Gasteiger partial charge in [0, 0.05) is 36.0 Å². The third-order valence-electron chi connectivity index (χ3n) is 10.2. The molecule has 0 aromatic rings. The summed E-state index contributed by atoms with van der Waals surface area (Å²) in [6.07, 6.45) is 1.85. The van der Waals surface area contributed by atoms with Gasteiger partial charge in [-0.1, -0.05) is 27.7 Å². The molecule has 0 spiro atoms. The van der Waals surface area contributed by atoms with Crippen LogP contribution in [0, 0.1) is 34.5 Å². The second-order valence-electron chi connectivity index (χ2n) is 11.3. The zero-order valence-corrected chi connectivity index (χ0v) is 20.3. The monoisotopic (exact) mass is 470 g/mol. The van der Waals surface area contributed by atoms with Crippen LogP contribution in [0.25, 0.3) is 0 Å². The number of ether oxygens (including phenoxy) is 1. The number of halogens is 2. The van der Waals surface area contributed by atoms with E-state index in [0.717, 1.165) is 6.42 Å². The molecule has 0 saturated heterocycles. The maximum Gasteiger partial charge on any atom is 0.306 e. The van der Waals surface area contributed by atoms with E-state index in [4.69, 9.17) is 16.3 Å². The van der Waals surface area contributed by atoms with Crippen LogP contribution >= 0.6 is 11.6 Å². The van der Waals surface area contributed by atoms with Crippen LogP contribution in [-0.4, -0.2) is 45.9 Å². The fraction of sp³-hybridized carbons (Fsp3) is 0.880. The molecular formula is C25H36ClFO5. The fourth-order valence-corrected chi connectivity index (χ4v) is 8.79. The van der Waals surface area contributed by atoms with Gasteiger partial charge >= 0.3 is 5.97 Å². The molecule has 0 aromatic carbocycles. The van der Waals surface area contributed by atoms with Gasteiger partial charge in [0.05, 0.1) is 12.0 Å². The highest BCUT2D eigenvalue weighted by molar-refractivity contribution is 6.29. The average Bonchev–Trinajstić information content (AvgIpc) is 2.96. The van der Waals surface area contributed by atoms with Crippen LogP contribution in [0.2, 0.25) is 0 Å². The first-order valence-corrected chi connectivity index (χ1v) is 12.7. The molecule has 0 aromatic heterocycles. The van der Waals surface area contributed by atoms with Crippen molar-refractivity contribution >= 4 is 29.1 Å². The Morgan fingerprint density at radius 2 is 1.91 bits per heavy atom. The van der Waals surface area contributed by atoms with Gasteiger partial charge in [-0.3, -0.25) is 14.4 Å². The number of rotatable bonds is 4. The molecule has 0 radical (unpaired) electrons. The van der Waals surface area contributed by atoms with E-state index in [0.29, 0.717) is 32.1 Å². The molecule has 0 bridgehead atoms. The van der Waals surface area contributed by atoms with E-state index < -0.39 is 40.1 Å². The number of fused-ring (bicyclic) bond motifs is 5. The van der Waals surface area contributed by atoms with Crippen molar-refractivity contribution in [3.8, 4) is 0 Å². The van der Waals surface area contributed by atoms with Crippen LogP contribution < -0.4 is 0 Å². The van der Waals surface area contributed by atoms with Crippen LogP contribution in [0.15, 0.2) is 0 Å². The van der Waals surface area contributed by atoms with E-state index >= 15 is 4.39 Å². The number of hydrogen-bond acceptors (Lipinski definition) is 5. The van der Waals surface area contributed by atoms with Crippen LogP contribution in [0.1, 0.15) is 79.1 Å². The predicted octanol–water partition coefficient (Wildman–Crippen LogP) is 4.41. The Labute approximate surface area is 194 Å². The van der Waals surface area contributed by atoms with Gasteiger partial charge in [-0.2, -0.15) is 0 Å². The molecule has 0 amide bonds. The fourth-order valence-electron chi connectivity index (χ4n) is 8.59. The smallest absolute Gasteiger partial charge is 0.306 e. The number of hydrogen-bond donors (Lipinski definition) is 1. The summed E-state index contributed by atoms with van der Waals surface area (Å²) in [5.41, 5.74) is -4.99. The van der Waals surface area contributed by atoms with Crippen LogP contribution in [0.5, 0.6) is 0 Å². The Kier molecular flexibility index (Phi) is 5.85. The molecule has 9 atom stereocenters. The molecular weight excluding hydrogens is 435 g/mol. The highest BCUT2D eigenvalue weighted by Crippen LogP contribution is 2.72. The van der Waals surface area contributed by atoms with Crippen molar-refractivity contribution < 1.29 is 28.6 Å². The maximum absolute atomic E-state index is 17.3. The number of aliphatic hydroxyl groups is 1. The van der Waals surface area contributed by atoms with Crippen molar-refractivity contribution in [1.82, 2.24) is 0 Å². The molecule has 0 aliphatic heterocycles. The molecule has 32 heavy (non-hydrogen) atoms. The van der Waals surface area contributed by atoms with Gasteiger partial charge in [-0.15, -0.1) is 11.6 Å². The minimum absolute atomic E-state index is 0.0326. The quantitative estimate of drug-likeness (QED) is 0.486. The van der Waals surface area contributed by atoms with E-state index in [1.54, 1.807) is 6.92 Å². The van der Waals surface area contributed by atoms with E-state index in [9.17, 15) is 19.5 Å². The van der Waals surface area contributed by atoms with Crippen LogP contribution in [0.3, 0.4) is 0 Å². The summed E-state index contributed by atoms with van der Waals surface area (Å²) in [5, 5.41) is 11.5. The first-order valence-electron chi connectivity index (χ1n) is 12.1. The van der Waals surface area contributed by atoms with Crippen molar-refractivity contribution in [1.29, 1.82) is 0 Å². The molecule has 180 valence electrons. The largest absolute Gasteiger partial charge is 0.450 e. The number of Topliss-reactive ketones (excluding diaryl/α,β-unsaturated/α-hetero) is 2. The average molecular weight is 471 g/mol. The lowest BCUT2D eigenvalue weighted by molar-refractivity contribution is -0.257. The predicted molar refractivity (Wildman–Crippen MR) is 118 cm³/mol. The van der Waals surface area contributed by atoms with Crippen molar-refractivity contribution in [3.05, 3.63) is 0 Å². The number of alkyl halides is 2. The van der Waals surface area contributed by atoms with E-state index in [2.05, 4.69) is 0 Å². The summed E-state index contributed by atoms with van der Waals surface area (Å²) >= 11 is 6.03. The summed E-state index contributed by atoms with van der Waals surface area (Å²) < 4.78 is 23.2. The molecule has 7 heteroatoms. The highest BCUT2D eigenvalue weighted by atomic mass is 35.5. The molecule has 4 aliphatic carbocycles. The Hall–Kier alpha value is -1.01. The Balaban J connectivity index is 1.81. The molecule has 0 unspecified atom stereocenters. The highest BCUT2D eigenvalue weighted by Gasteiger charge is 2.77. The molecule has 1 N–H and O–H groups in total. The SMILES string of the molecule is CCC(=O)O[C@]1(C(=O)CCl)[C@H](C)C[C@@H]2[C@@H]3CC[C@@H]4CC(=O)CC[C@]4(C)[C@@]3(F)[C@H](O)C[C@@]21C.